The third-order valence-corrected chi connectivity index (χ3v) is 3.82. The number of carbonyl (C=O) groups excluding carboxylic acids is 1. The molecule has 0 saturated carbocycles. The fourth-order valence-corrected chi connectivity index (χ4v) is 2.59. The summed E-state index contributed by atoms with van der Waals surface area (Å²) in [5.41, 5.74) is 1.83. The van der Waals surface area contributed by atoms with Gasteiger partial charge in [-0.05, 0) is 20.4 Å². The Hall–Kier alpha value is -1.40. The topological polar surface area (TPSA) is 67.6 Å². The van der Waals surface area contributed by atoms with Gasteiger partial charge in [0, 0.05) is 18.7 Å². The molecule has 0 radical (unpaired) electrons. The molecule has 2 atom stereocenters. The van der Waals surface area contributed by atoms with E-state index >= 15 is 0 Å². The molecule has 1 saturated heterocycles. The van der Waals surface area contributed by atoms with Gasteiger partial charge in [-0.25, -0.2) is 0 Å². The summed E-state index contributed by atoms with van der Waals surface area (Å²) in [6.07, 6.45) is 0. The number of nitrogens with zero attached hydrogens (tertiary/aromatic N) is 2. The lowest BCUT2D eigenvalue weighted by molar-refractivity contribution is -0.135. The van der Waals surface area contributed by atoms with Crippen molar-refractivity contribution in [3.05, 3.63) is 17.0 Å². The first-order chi connectivity index (χ1) is 9.54. The second-order valence-corrected chi connectivity index (χ2v) is 5.31. The van der Waals surface area contributed by atoms with Gasteiger partial charge in [0.05, 0.1) is 31.4 Å². The Morgan fingerprint density at radius 1 is 1.45 bits per heavy atom. The Labute approximate surface area is 119 Å². The van der Waals surface area contributed by atoms with Crippen LogP contribution in [0.25, 0.3) is 0 Å². The highest BCUT2D eigenvalue weighted by atomic mass is 16.5. The zero-order valence-corrected chi connectivity index (χ0v) is 12.6. The Morgan fingerprint density at radius 3 is 2.80 bits per heavy atom. The van der Waals surface area contributed by atoms with Crippen LogP contribution in [0.1, 0.15) is 23.9 Å². The molecule has 2 unspecified atom stereocenters. The molecule has 1 aromatic rings. The molecule has 0 bridgehead atoms. The fourth-order valence-electron chi connectivity index (χ4n) is 2.59. The summed E-state index contributed by atoms with van der Waals surface area (Å²) in [6, 6.07) is 0.111. The molecule has 2 heterocycles. The van der Waals surface area contributed by atoms with Crippen LogP contribution in [0.5, 0.6) is 0 Å². The van der Waals surface area contributed by atoms with Crippen molar-refractivity contribution >= 4 is 5.91 Å². The normalized spacial score (nSPS) is 22.2. The molecule has 0 spiro atoms. The first-order valence-corrected chi connectivity index (χ1v) is 7.02. The van der Waals surface area contributed by atoms with Crippen LogP contribution < -0.4 is 5.32 Å². The Kier molecular flexibility index (Phi) is 4.77. The van der Waals surface area contributed by atoms with E-state index in [9.17, 15) is 4.79 Å². The summed E-state index contributed by atoms with van der Waals surface area (Å²) in [7, 11) is 1.82. The van der Waals surface area contributed by atoms with E-state index in [1.165, 1.54) is 0 Å². The number of amides is 1. The van der Waals surface area contributed by atoms with E-state index in [0.717, 1.165) is 23.6 Å². The molecule has 1 N–H and O–H groups in total. The molecule has 0 aliphatic carbocycles. The quantitative estimate of drug-likeness (QED) is 0.867. The first-order valence-electron chi connectivity index (χ1n) is 7.02. The minimum Gasteiger partial charge on any atom is -0.379 e. The van der Waals surface area contributed by atoms with Crippen molar-refractivity contribution in [2.75, 3.05) is 26.8 Å². The highest BCUT2D eigenvalue weighted by molar-refractivity contribution is 5.79. The maximum absolute atomic E-state index is 12.5. The van der Waals surface area contributed by atoms with E-state index in [0.29, 0.717) is 19.8 Å². The summed E-state index contributed by atoms with van der Waals surface area (Å²) in [6.45, 7) is 8.25. The van der Waals surface area contributed by atoms with Crippen molar-refractivity contribution < 1.29 is 14.1 Å². The monoisotopic (exact) mass is 281 g/mol. The molecule has 6 heteroatoms. The Bertz CT molecular complexity index is 453. The van der Waals surface area contributed by atoms with Crippen LogP contribution in [0, 0.1) is 19.8 Å². The van der Waals surface area contributed by atoms with Gasteiger partial charge in [-0.2, -0.15) is 0 Å². The van der Waals surface area contributed by atoms with Crippen molar-refractivity contribution in [3.63, 3.8) is 0 Å². The van der Waals surface area contributed by atoms with Gasteiger partial charge in [-0.1, -0.05) is 12.1 Å². The van der Waals surface area contributed by atoms with E-state index in [1.54, 1.807) is 4.90 Å². The molecule has 20 heavy (non-hydrogen) atoms. The van der Waals surface area contributed by atoms with E-state index in [-0.39, 0.29) is 17.9 Å². The van der Waals surface area contributed by atoms with Crippen LogP contribution in [0.15, 0.2) is 4.52 Å². The van der Waals surface area contributed by atoms with E-state index in [2.05, 4.69) is 10.5 Å². The number of nitrogens with one attached hydrogen (secondary N) is 1. The van der Waals surface area contributed by atoms with Gasteiger partial charge in [0.15, 0.2) is 0 Å². The van der Waals surface area contributed by atoms with Crippen molar-refractivity contribution in [1.29, 1.82) is 0 Å². The maximum atomic E-state index is 12.5. The summed E-state index contributed by atoms with van der Waals surface area (Å²) in [5, 5.41) is 7.23. The van der Waals surface area contributed by atoms with Crippen LogP contribution in [0.3, 0.4) is 0 Å². The lowest BCUT2D eigenvalue weighted by Crippen LogP contribution is -2.44. The molecule has 1 fully saturated rings. The number of ether oxygens (including phenoxy) is 1. The molecule has 6 nitrogen and oxygen atoms in total. The summed E-state index contributed by atoms with van der Waals surface area (Å²) < 4.78 is 10.6. The van der Waals surface area contributed by atoms with Gasteiger partial charge < -0.3 is 19.5 Å². The average molecular weight is 281 g/mol. The smallest absolute Gasteiger partial charge is 0.229 e. The minimum absolute atomic E-state index is 0.105. The highest BCUT2D eigenvalue weighted by Crippen LogP contribution is 2.19. The molecular formula is C14H23N3O3. The van der Waals surface area contributed by atoms with Crippen molar-refractivity contribution in [2.24, 2.45) is 5.92 Å². The lowest BCUT2D eigenvalue weighted by atomic mass is 10.0. The Balaban J connectivity index is 2.01. The molecule has 1 aliphatic rings. The standard InChI is InChI=1S/C14H23N3O3/c1-5-15-13-8-19-7-12(13)14(18)17(4)6-11-9(2)16-20-10(11)3/h12-13,15H,5-8H2,1-4H3. The molecule has 1 aromatic heterocycles. The minimum atomic E-state index is -0.111. The number of rotatable bonds is 5. The number of hydrogen-bond acceptors (Lipinski definition) is 5. The molecule has 2 rings (SSSR count). The average Bonchev–Trinajstić information content (AvgIpc) is 3.00. The van der Waals surface area contributed by atoms with Gasteiger partial charge in [-0.15, -0.1) is 0 Å². The summed E-state index contributed by atoms with van der Waals surface area (Å²) in [5.74, 6) is 0.766. The second-order valence-electron chi connectivity index (χ2n) is 5.31. The largest absolute Gasteiger partial charge is 0.379 e. The van der Waals surface area contributed by atoms with Crippen LogP contribution in [-0.2, 0) is 16.1 Å². The van der Waals surface area contributed by atoms with Crippen molar-refractivity contribution in [1.82, 2.24) is 15.4 Å². The number of likely N-dealkylation sites (N-methyl/N-ethyl adjacent to an activating group) is 1. The molecule has 1 amide bonds. The molecular weight excluding hydrogens is 258 g/mol. The number of hydrogen-bond donors (Lipinski definition) is 1. The lowest BCUT2D eigenvalue weighted by Gasteiger charge is -2.24. The highest BCUT2D eigenvalue weighted by Gasteiger charge is 2.35. The van der Waals surface area contributed by atoms with Gasteiger partial charge in [0.1, 0.15) is 5.76 Å². The van der Waals surface area contributed by atoms with Gasteiger partial charge in [0.25, 0.3) is 0 Å². The SMILES string of the molecule is CCNC1COCC1C(=O)N(C)Cc1c(C)noc1C. The third-order valence-electron chi connectivity index (χ3n) is 3.82. The predicted octanol–water partition coefficient (Wildman–Crippen LogP) is 0.874. The van der Waals surface area contributed by atoms with Crippen LogP contribution in [0.4, 0.5) is 0 Å². The zero-order chi connectivity index (χ0) is 14.7. The summed E-state index contributed by atoms with van der Waals surface area (Å²) >= 11 is 0. The first kappa shape index (κ1) is 15.0. The van der Waals surface area contributed by atoms with Crippen molar-refractivity contribution in [2.45, 2.75) is 33.4 Å². The third kappa shape index (κ3) is 3.02. The molecule has 0 aromatic carbocycles. The molecule has 112 valence electrons. The number of aryl methyl sites for hydroxylation is 2. The van der Waals surface area contributed by atoms with Crippen molar-refractivity contribution in [3.8, 4) is 0 Å². The van der Waals surface area contributed by atoms with Gasteiger partial charge in [0.2, 0.25) is 5.91 Å². The van der Waals surface area contributed by atoms with E-state index in [4.69, 9.17) is 9.26 Å². The van der Waals surface area contributed by atoms with Crippen LogP contribution in [0.2, 0.25) is 0 Å². The summed E-state index contributed by atoms with van der Waals surface area (Å²) in [4.78, 5) is 14.3. The number of aromatic nitrogens is 1. The van der Waals surface area contributed by atoms with E-state index in [1.807, 2.05) is 27.8 Å². The second kappa shape index (κ2) is 6.37. The molecule has 1 aliphatic heterocycles. The van der Waals surface area contributed by atoms with E-state index < -0.39 is 0 Å². The number of carbonyl (C=O) groups is 1. The van der Waals surface area contributed by atoms with Gasteiger partial charge >= 0.3 is 0 Å². The van der Waals surface area contributed by atoms with Gasteiger partial charge in [-0.3, -0.25) is 4.79 Å². The maximum Gasteiger partial charge on any atom is 0.229 e. The zero-order valence-electron chi connectivity index (χ0n) is 12.6. The Morgan fingerprint density at radius 2 is 2.20 bits per heavy atom. The van der Waals surface area contributed by atoms with Crippen LogP contribution in [-0.4, -0.2) is 48.8 Å². The predicted molar refractivity (Wildman–Crippen MR) is 74.2 cm³/mol. The van der Waals surface area contributed by atoms with Crippen LogP contribution >= 0.6 is 0 Å². The fraction of sp³-hybridized carbons (Fsp3) is 0.714.